The van der Waals surface area contributed by atoms with Gasteiger partial charge >= 0.3 is 0 Å². The summed E-state index contributed by atoms with van der Waals surface area (Å²) < 4.78 is 16.1. The number of carbonyl (C=O) groups is 1. The number of carbonyl (C=O) groups excluding carboxylic acids is 1. The molecule has 3 aromatic rings. The number of rotatable bonds is 6. The van der Waals surface area contributed by atoms with Gasteiger partial charge in [-0.15, -0.1) is 5.10 Å². The second-order valence-corrected chi connectivity index (χ2v) is 8.31. The van der Waals surface area contributed by atoms with Gasteiger partial charge in [-0.05, 0) is 64.7 Å². The van der Waals surface area contributed by atoms with Crippen LogP contribution in [0.3, 0.4) is 0 Å². The number of amides is 1. The maximum atomic E-state index is 14.7. The van der Waals surface area contributed by atoms with Crippen LogP contribution in [0.25, 0.3) is 0 Å². The standard InChI is InChI=1S/C20H19FN6O3S/c1-26-20(23-24-25-26)31-18-9-7-14(27(29)30)11-15(18)19(28)22-17-8-6-13(10-16(17)21)12-4-2-3-5-12/h6-12H,2-5H2,1H3,(H,22,28). The number of halogens is 1. The Morgan fingerprint density at radius 1 is 1.26 bits per heavy atom. The van der Waals surface area contributed by atoms with Crippen molar-refractivity contribution in [3.63, 3.8) is 0 Å². The summed E-state index contributed by atoms with van der Waals surface area (Å²) in [4.78, 5) is 24.0. The largest absolute Gasteiger partial charge is 0.319 e. The van der Waals surface area contributed by atoms with E-state index in [1.807, 2.05) is 6.07 Å². The monoisotopic (exact) mass is 442 g/mol. The van der Waals surface area contributed by atoms with Crippen molar-refractivity contribution in [2.45, 2.75) is 41.7 Å². The number of aryl methyl sites for hydroxylation is 1. The first-order valence-corrected chi connectivity index (χ1v) is 10.5. The zero-order valence-electron chi connectivity index (χ0n) is 16.6. The molecule has 1 aliphatic carbocycles. The molecule has 1 aromatic heterocycles. The number of hydrogen-bond donors (Lipinski definition) is 1. The Labute approximate surface area is 181 Å². The van der Waals surface area contributed by atoms with Crippen molar-refractivity contribution in [2.24, 2.45) is 7.05 Å². The van der Waals surface area contributed by atoms with Crippen LogP contribution in [-0.2, 0) is 7.05 Å². The number of nitro benzene ring substituents is 1. The van der Waals surface area contributed by atoms with Gasteiger partial charge in [0.25, 0.3) is 11.6 Å². The highest BCUT2D eigenvalue weighted by Gasteiger charge is 2.22. The molecule has 31 heavy (non-hydrogen) atoms. The highest BCUT2D eigenvalue weighted by molar-refractivity contribution is 7.99. The van der Waals surface area contributed by atoms with Crippen LogP contribution in [0.5, 0.6) is 0 Å². The third kappa shape index (κ3) is 4.55. The number of benzene rings is 2. The van der Waals surface area contributed by atoms with Crippen LogP contribution in [0.1, 0.15) is 47.5 Å². The molecular formula is C20H19FN6O3S. The highest BCUT2D eigenvalue weighted by Crippen LogP contribution is 2.36. The van der Waals surface area contributed by atoms with E-state index >= 15 is 0 Å². The smallest absolute Gasteiger partial charge is 0.270 e. The van der Waals surface area contributed by atoms with Crippen molar-refractivity contribution >= 4 is 29.0 Å². The molecule has 0 saturated heterocycles. The minimum Gasteiger partial charge on any atom is -0.319 e. The van der Waals surface area contributed by atoms with Gasteiger partial charge < -0.3 is 5.32 Å². The van der Waals surface area contributed by atoms with Gasteiger partial charge in [0.2, 0.25) is 5.16 Å². The highest BCUT2D eigenvalue weighted by atomic mass is 32.2. The molecule has 0 radical (unpaired) electrons. The Kier molecular flexibility index (Phi) is 5.94. The predicted molar refractivity (Wildman–Crippen MR) is 112 cm³/mol. The fourth-order valence-corrected chi connectivity index (χ4v) is 4.48. The summed E-state index contributed by atoms with van der Waals surface area (Å²) in [6.07, 6.45) is 4.35. The van der Waals surface area contributed by atoms with Crippen molar-refractivity contribution in [1.82, 2.24) is 20.2 Å². The van der Waals surface area contributed by atoms with Crippen LogP contribution in [0, 0.1) is 15.9 Å². The fourth-order valence-electron chi connectivity index (χ4n) is 3.64. The first-order chi connectivity index (χ1) is 14.9. The van der Waals surface area contributed by atoms with E-state index < -0.39 is 16.6 Å². The van der Waals surface area contributed by atoms with E-state index in [1.54, 1.807) is 7.05 Å². The van der Waals surface area contributed by atoms with E-state index in [9.17, 15) is 19.3 Å². The Hall–Kier alpha value is -3.34. The maximum Gasteiger partial charge on any atom is 0.270 e. The van der Waals surface area contributed by atoms with E-state index in [4.69, 9.17) is 0 Å². The van der Waals surface area contributed by atoms with Crippen LogP contribution in [0.15, 0.2) is 46.5 Å². The van der Waals surface area contributed by atoms with Gasteiger partial charge in [-0.3, -0.25) is 14.9 Å². The second-order valence-electron chi connectivity index (χ2n) is 7.30. The number of nitrogens with one attached hydrogen (secondary N) is 1. The number of non-ortho nitro benzene ring substituents is 1. The summed E-state index contributed by atoms with van der Waals surface area (Å²) in [7, 11) is 1.63. The zero-order valence-corrected chi connectivity index (χ0v) is 17.4. The Morgan fingerprint density at radius 2 is 2.03 bits per heavy atom. The van der Waals surface area contributed by atoms with Crippen LogP contribution in [0.4, 0.5) is 15.8 Å². The van der Waals surface area contributed by atoms with Gasteiger partial charge in [-0.25, -0.2) is 9.07 Å². The molecule has 0 spiro atoms. The number of tetrazole rings is 1. The Bertz CT molecular complexity index is 1150. The fraction of sp³-hybridized carbons (Fsp3) is 0.300. The van der Waals surface area contributed by atoms with E-state index in [1.165, 1.54) is 28.9 Å². The zero-order chi connectivity index (χ0) is 22.0. The topological polar surface area (TPSA) is 116 Å². The van der Waals surface area contributed by atoms with Gasteiger partial charge in [0.15, 0.2) is 0 Å². The van der Waals surface area contributed by atoms with Crippen LogP contribution < -0.4 is 5.32 Å². The first kappa shape index (κ1) is 20.9. The number of anilines is 1. The van der Waals surface area contributed by atoms with E-state index in [0.29, 0.717) is 16.0 Å². The summed E-state index contributed by atoms with van der Waals surface area (Å²) in [6, 6.07) is 8.72. The molecule has 1 N–H and O–H groups in total. The molecule has 0 bridgehead atoms. The first-order valence-electron chi connectivity index (χ1n) is 9.72. The lowest BCUT2D eigenvalue weighted by atomic mass is 9.97. The molecule has 11 heteroatoms. The van der Waals surface area contributed by atoms with Gasteiger partial charge in [0.05, 0.1) is 16.2 Å². The minimum atomic E-state index is -0.658. The quantitative estimate of drug-likeness (QED) is 0.446. The lowest BCUT2D eigenvalue weighted by Gasteiger charge is -2.13. The normalized spacial score (nSPS) is 14.0. The number of nitro groups is 1. The molecule has 4 rings (SSSR count). The summed E-state index contributed by atoms with van der Waals surface area (Å²) in [5, 5.41) is 25.3. The minimum absolute atomic E-state index is 0.0227. The Morgan fingerprint density at radius 3 is 2.68 bits per heavy atom. The third-order valence-corrected chi connectivity index (χ3v) is 6.37. The average molecular weight is 442 g/mol. The molecule has 1 fully saturated rings. The maximum absolute atomic E-state index is 14.7. The third-order valence-electron chi connectivity index (χ3n) is 5.27. The molecule has 0 atom stereocenters. The van der Waals surface area contributed by atoms with Gasteiger partial charge in [0, 0.05) is 24.1 Å². The van der Waals surface area contributed by atoms with Crippen molar-refractivity contribution in [3.05, 3.63) is 63.5 Å². The summed E-state index contributed by atoms with van der Waals surface area (Å²) in [5.74, 6) is -0.845. The number of aromatic nitrogens is 4. The molecule has 9 nitrogen and oxygen atoms in total. The molecule has 0 unspecified atom stereocenters. The lowest BCUT2D eigenvalue weighted by molar-refractivity contribution is -0.384. The molecule has 2 aromatic carbocycles. The van der Waals surface area contributed by atoms with E-state index in [2.05, 4.69) is 20.8 Å². The van der Waals surface area contributed by atoms with Crippen LogP contribution in [-0.4, -0.2) is 31.0 Å². The molecule has 1 saturated carbocycles. The Balaban J connectivity index is 1.61. The van der Waals surface area contributed by atoms with E-state index in [0.717, 1.165) is 49.1 Å². The number of nitrogens with zero attached hydrogens (tertiary/aromatic N) is 5. The van der Waals surface area contributed by atoms with Gasteiger partial charge in [-0.2, -0.15) is 0 Å². The molecule has 1 amide bonds. The average Bonchev–Trinajstić information content (AvgIpc) is 3.42. The molecule has 1 aliphatic rings. The van der Waals surface area contributed by atoms with Crippen molar-refractivity contribution in [3.8, 4) is 0 Å². The molecule has 0 aliphatic heterocycles. The van der Waals surface area contributed by atoms with Gasteiger partial charge in [0.1, 0.15) is 5.82 Å². The van der Waals surface area contributed by atoms with Crippen molar-refractivity contribution in [2.75, 3.05) is 5.32 Å². The van der Waals surface area contributed by atoms with Crippen LogP contribution >= 0.6 is 11.8 Å². The molecule has 160 valence electrons. The lowest BCUT2D eigenvalue weighted by Crippen LogP contribution is -2.15. The van der Waals surface area contributed by atoms with E-state index in [-0.39, 0.29) is 16.9 Å². The van der Waals surface area contributed by atoms with Crippen molar-refractivity contribution < 1.29 is 14.1 Å². The molecular weight excluding hydrogens is 423 g/mol. The molecule has 1 heterocycles. The number of hydrogen-bond acceptors (Lipinski definition) is 7. The summed E-state index contributed by atoms with van der Waals surface area (Å²) >= 11 is 1.08. The summed E-state index contributed by atoms with van der Waals surface area (Å²) in [5.41, 5.74) is 0.730. The SMILES string of the molecule is Cn1nnnc1Sc1ccc([N+](=O)[O-])cc1C(=O)Nc1ccc(C2CCCC2)cc1F. The summed E-state index contributed by atoms with van der Waals surface area (Å²) in [6.45, 7) is 0. The second kappa shape index (κ2) is 8.80. The predicted octanol–water partition coefficient (Wildman–Crippen LogP) is 4.32. The van der Waals surface area contributed by atoms with Gasteiger partial charge in [-0.1, -0.05) is 18.9 Å². The van der Waals surface area contributed by atoms with Crippen LogP contribution in [0.2, 0.25) is 0 Å². The van der Waals surface area contributed by atoms with Crippen molar-refractivity contribution in [1.29, 1.82) is 0 Å².